The van der Waals surface area contributed by atoms with Gasteiger partial charge in [0.25, 0.3) is 5.88 Å². The highest BCUT2D eigenvalue weighted by atomic mass is 35.5. The van der Waals surface area contributed by atoms with E-state index in [0.717, 1.165) is 0 Å². The van der Waals surface area contributed by atoms with Crippen LogP contribution in [-0.4, -0.2) is 17.5 Å². The summed E-state index contributed by atoms with van der Waals surface area (Å²) in [5.74, 6) is 0.734. The van der Waals surface area contributed by atoms with Crippen LogP contribution in [0.2, 0.25) is 5.02 Å². The summed E-state index contributed by atoms with van der Waals surface area (Å²) in [5, 5.41) is 0.607. The first-order valence-corrected chi connectivity index (χ1v) is 7.25. The minimum absolute atomic E-state index is 0.0600. The molecule has 0 aliphatic rings. The van der Waals surface area contributed by atoms with Gasteiger partial charge in [0.05, 0.1) is 0 Å². The molecule has 0 amide bonds. The first-order valence-electron chi connectivity index (χ1n) is 6.87. The molecule has 0 aliphatic heterocycles. The fourth-order valence-electron chi connectivity index (χ4n) is 1.68. The van der Waals surface area contributed by atoms with E-state index < -0.39 is 0 Å². The normalized spacial score (nSPS) is 11.8. The highest BCUT2D eigenvalue weighted by molar-refractivity contribution is 6.30. The fourth-order valence-corrected chi connectivity index (χ4v) is 1.80. The SMILES string of the molecule is CC(CN)CC(=O)Oc1cccnc1Oc1ccc(Cl)cc1. The van der Waals surface area contributed by atoms with E-state index in [1.54, 1.807) is 42.6 Å². The standard InChI is InChI=1S/C16H17ClN2O3/c1-11(10-18)9-15(20)22-14-3-2-8-19-16(14)21-13-6-4-12(17)5-7-13/h2-8,11H,9-10,18H2,1H3. The van der Waals surface area contributed by atoms with Crippen LogP contribution in [0.3, 0.4) is 0 Å². The highest BCUT2D eigenvalue weighted by Crippen LogP contribution is 2.29. The molecule has 1 heterocycles. The van der Waals surface area contributed by atoms with Crippen molar-refractivity contribution in [2.45, 2.75) is 13.3 Å². The Morgan fingerprint density at radius 1 is 1.32 bits per heavy atom. The second-order valence-electron chi connectivity index (χ2n) is 4.88. The van der Waals surface area contributed by atoms with Gasteiger partial charge in [0, 0.05) is 17.6 Å². The van der Waals surface area contributed by atoms with Crippen LogP contribution >= 0.6 is 11.6 Å². The molecule has 1 aromatic heterocycles. The third-order valence-corrected chi connectivity index (χ3v) is 3.16. The molecule has 0 radical (unpaired) electrons. The number of ether oxygens (including phenoxy) is 2. The number of benzene rings is 1. The maximum absolute atomic E-state index is 11.9. The number of rotatable bonds is 6. The summed E-state index contributed by atoms with van der Waals surface area (Å²) < 4.78 is 10.9. The molecule has 2 rings (SSSR count). The molecule has 6 heteroatoms. The number of nitrogens with zero attached hydrogens (tertiary/aromatic N) is 1. The predicted octanol–water partition coefficient (Wildman–Crippen LogP) is 3.42. The molecule has 0 saturated carbocycles. The van der Waals surface area contributed by atoms with Gasteiger partial charge in [-0.3, -0.25) is 4.79 Å². The predicted molar refractivity (Wildman–Crippen MR) is 84.2 cm³/mol. The summed E-state index contributed by atoms with van der Waals surface area (Å²) in [6, 6.07) is 10.1. The lowest BCUT2D eigenvalue weighted by molar-refractivity contribution is -0.135. The minimum Gasteiger partial charge on any atom is -0.436 e. The molecule has 0 bridgehead atoms. The van der Waals surface area contributed by atoms with Crippen molar-refractivity contribution in [3.05, 3.63) is 47.6 Å². The molecule has 2 aromatic rings. The number of carbonyl (C=O) groups excluding carboxylic acids is 1. The first kappa shape index (κ1) is 16.3. The molecule has 116 valence electrons. The van der Waals surface area contributed by atoms with Crippen LogP contribution in [0.1, 0.15) is 13.3 Å². The van der Waals surface area contributed by atoms with Crippen molar-refractivity contribution in [3.63, 3.8) is 0 Å². The van der Waals surface area contributed by atoms with Crippen LogP contribution < -0.4 is 15.2 Å². The monoisotopic (exact) mass is 320 g/mol. The summed E-state index contributed by atoms with van der Waals surface area (Å²) in [5.41, 5.74) is 5.50. The van der Waals surface area contributed by atoms with E-state index >= 15 is 0 Å². The van der Waals surface area contributed by atoms with Crippen molar-refractivity contribution in [2.24, 2.45) is 11.7 Å². The lowest BCUT2D eigenvalue weighted by atomic mass is 10.1. The Morgan fingerprint density at radius 3 is 2.73 bits per heavy atom. The number of esters is 1. The van der Waals surface area contributed by atoms with E-state index in [1.807, 2.05) is 6.92 Å². The summed E-state index contributed by atoms with van der Waals surface area (Å²) in [6.45, 7) is 2.31. The van der Waals surface area contributed by atoms with Gasteiger partial charge in [-0.05, 0) is 48.9 Å². The van der Waals surface area contributed by atoms with Crippen molar-refractivity contribution in [2.75, 3.05) is 6.54 Å². The third kappa shape index (κ3) is 4.72. The van der Waals surface area contributed by atoms with Crippen LogP contribution in [0, 0.1) is 5.92 Å². The number of hydrogen-bond donors (Lipinski definition) is 1. The van der Waals surface area contributed by atoms with Crippen molar-refractivity contribution in [1.29, 1.82) is 0 Å². The first-order chi connectivity index (χ1) is 10.6. The van der Waals surface area contributed by atoms with Crippen molar-refractivity contribution < 1.29 is 14.3 Å². The number of carbonyl (C=O) groups is 1. The molecule has 0 aliphatic carbocycles. The number of aromatic nitrogens is 1. The Morgan fingerprint density at radius 2 is 2.05 bits per heavy atom. The maximum atomic E-state index is 11.9. The quantitative estimate of drug-likeness (QED) is 0.825. The number of hydrogen-bond acceptors (Lipinski definition) is 5. The van der Waals surface area contributed by atoms with E-state index in [9.17, 15) is 4.79 Å². The van der Waals surface area contributed by atoms with Crippen molar-refractivity contribution >= 4 is 17.6 Å². The summed E-state index contributed by atoms with van der Waals surface area (Å²) >= 11 is 5.83. The van der Waals surface area contributed by atoms with Crippen LogP contribution in [0.25, 0.3) is 0 Å². The van der Waals surface area contributed by atoms with E-state index in [2.05, 4.69) is 4.98 Å². The second kappa shape index (κ2) is 7.77. The van der Waals surface area contributed by atoms with Gasteiger partial charge in [0.1, 0.15) is 5.75 Å². The average molecular weight is 321 g/mol. The summed E-state index contributed by atoms with van der Waals surface area (Å²) in [6.07, 6.45) is 1.80. The molecule has 5 nitrogen and oxygen atoms in total. The van der Waals surface area contributed by atoms with Gasteiger partial charge in [-0.1, -0.05) is 18.5 Å². The Balaban J connectivity index is 2.09. The van der Waals surface area contributed by atoms with Crippen LogP contribution in [0.5, 0.6) is 17.4 Å². The zero-order valence-corrected chi connectivity index (χ0v) is 12.9. The molecule has 1 atom stereocenters. The Bertz CT molecular complexity index is 632. The minimum atomic E-state index is -0.369. The van der Waals surface area contributed by atoms with E-state index in [4.69, 9.17) is 26.8 Å². The van der Waals surface area contributed by atoms with Gasteiger partial charge in [0.2, 0.25) is 0 Å². The molecule has 22 heavy (non-hydrogen) atoms. The zero-order chi connectivity index (χ0) is 15.9. The molecule has 2 N–H and O–H groups in total. The average Bonchev–Trinajstić information content (AvgIpc) is 2.51. The smallest absolute Gasteiger partial charge is 0.311 e. The molecular formula is C16H17ClN2O3. The van der Waals surface area contributed by atoms with Gasteiger partial charge >= 0.3 is 5.97 Å². The van der Waals surface area contributed by atoms with Crippen LogP contribution in [0.4, 0.5) is 0 Å². The van der Waals surface area contributed by atoms with Crippen molar-refractivity contribution in [1.82, 2.24) is 4.98 Å². The molecule has 0 spiro atoms. The van der Waals surface area contributed by atoms with Crippen LogP contribution in [0.15, 0.2) is 42.6 Å². The summed E-state index contributed by atoms with van der Waals surface area (Å²) in [7, 11) is 0. The van der Waals surface area contributed by atoms with Gasteiger partial charge in [-0.2, -0.15) is 0 Å². The Kier molecular flexibility index (Phi) is 5.75. The van der Waals surface area contributed by atoms with E-state index in [0.29, 0.717) is 17.3 Å². The second-order valence-corrected chi connectivity index (χ2v) is 5.32. The van der Waals surface area contributed by atoms with Crippen LogP contribution in [-0.2, 0) is 4.79 Å². The number of halogens is 1. The Labute approximate surface area is 134 Å². The number of nitrogens with two attached hydrogens (primary N) is 1. The van der Waals surface area contributed by atoms with E-state index in [1.165, 1.54) is 0 Å². The molecule has 1 unspecified atom stereocenters. The lowest BCUT2D eigenvalue weighted by Crippen LogP contribution is -2.18. The van der Waals surface area contributed by atoms with E-state index in [-0.39, 0.29) is 29.9 Å². The molecule has 0 saturated heterocycles. The fraction of sp³-hybridized carbons (Fsp3) is 0.250. The third-order valence-electron chi connectivity index (χ3n) is 2.91. The molecular weight excluding hydrogens is 304 g/mol. The van der Waals surface area contributed by atoms with Gasteiger partial charge in [-0.25, -0.2) is 4.98 Å². The summed E-state index contributed by atoms with van der Waals surface area (Å²) in [4.78, 5) is 15.9. The van der Waals surface area contributed by atoms with Crippen molar-refractivity contribution in [3.8, 4) is 17.4 Å². The van der Waals surface area contributed by atoms with Gasteiger partial charge in [-0.15, -0.1) is 0 Å². The molecule has 0 fully saturated rings. The lowest BCUT2D eigenvalue weighted by Gasteiger charge is -2.11. The maximum Gasteiger partial charge on any atom is 0.311 e. The molecule has 1 aromatic carbocycles. The highest BCUT2D eigenvalue weighted by Gasteiger charge is 2.14. The van der Waals surface area contributed by atoms with Gasteiger partial charge < -0.3 is 15.2 Å². The number of pyridine rings is 1. The zero-order valence-electron chi connectivity index (χ0n) is 12.2. The van der Waals surface area contributed by atoms with Gasteiger partial charge in [0.15, 0.2) is 5.75 Å². The largest absolute Gasteiger partial charge is 0.436 e. The topological polar surface area (TPSA) is 74.4 Å². The Hall–Kier alpha value is -2.11.